The first-order valence-corrected chi connectivity index (χ1v) is 6.08. The van der Waals surface area contributed by atoms with Crippen molar-refractivity contribution in [2.45, 2.75) is 20.4 Å². The lowest BCUT2D eigenvalue weighted by atomic mass is 9.87. The van der Waals surface area contributed by atoms with E-state index >= 15 is 0 Å². The van der Waals surface area contributed by atoms with E-state index in [9.17, 15) is 4.79 Å². The second-order valence-corrected chi connectivity index (χ2v) is 4.66. The molecule has 0 aliphatic rings. The van der Waals surface area contributed by atoms with E-state index in [-0.39, 0.29) is 5.97 Å². The van der Waals surface area contributed by atoms with Crippen LogP contribution >= 0.6 is 0 Å². The number of carbonyl (C=O) groups excluding carboxylic acids is 1. The van der Waals surface area contributed by atoms with Crippen LogP contribution in [-0.2, 0) is 16.1 Å². The van der Waals surface area contributed by atoms with E-state index < -0.39 is 5.41 Å². The van der Waals surface area contributed by atoms with Gasteiger partial charge >= 0.3 is 5.97 Å². The van der Waals surface area contributed by atoms with Crippen LogP contribution in [0.4, 0.5) is 0 Å². The molecule has 0 atom stereocenters. The second kappa shape index (κ2) is 6.73. The van der Waals surface area contributed by atoms with E-state index in [2.05, 4.69) is 4.99 Å². The maximum Gasteiger partial charge on any atom is 0.317 e. The molecule has 0 spiro atoms. The number of carbonyl (C=O) groups is 1. The second-order valence-electron chi connectivity index (χ2n) is 4.66. The Morgan fingerprint density at radius 2 is 2.00 bits per heavy atom. The summed E-state index contributed by atoms with van der Waals surface area (Å²) in [5.41, 5.74) is 6.28. The minimum atomic E-state index is -0.820. The van der Waals surface area contributed by atoms with Crippen molar-refractivity contribution in [3.8, 4) is 0 Å². The Labute approximate surface area is 114 Å². The zero-order valence-electron chi connectivity index (χ0n) is 11.6. The van der Waals surface area contributed by atoms with Crippen molar-refractivity contribution >= 4 is 11.7 Å². The van der Waals surface area contributed by atoms with Crippen LogP contribution in [-0.4, -0.2) is 18.8 Å². The smallest absolute Gasteiger partial charge is 0.317 e. The highest BCUT2D eigenvalue weighted by Gasteiger charge is 2.33. The van der Waals surface area contributed by atoms with Crippen molar-refractivity contribution in [2.24, 2.45) is 16.1 Å². The van der Waals surface area contributed by atoms with Crippen LogP contribution in [0.3, 0.4) is 0 Å². The fourth-order valence-electron chi connectivity index (χ4n) is 1.67. The number of nitrogens with zero attached hydrogens (tertiary/aromatic N) is 1. The van der Waals surface area contributed by atoms with Crippen molar-refractivity contribution < 1.29 is 9.53 Å². The van der Waals surface area contributed by atoms with Gasteiger partial charge in [-0.3, -0.25) is 9.79 Å². The van der Waals surface area contributed by atoms with Crippen molar-refractivity contribution in [1.82, 2.24) is 0 Å². The highest BCUT2D eigenvalue weighted by atomic mass is 16.5. The summed E-state index contributed by atoms with van der Waals surface area (Å²) in [4.78, 5) is 16.3. The van der Waals surface area contributed by atoms with E-state index in [0.29, 0.717) is 12.3 Å². The summed E-state index contributed by atoms with van der Waals surface area (Å²) in [6, 6.07) is 9.83. The van der Waals surface area contributed by atoms with Gasteiger partial charge in [-0.15, -0.1) is 0 Å². The van der Waals surface area contributed by atoms with Gasteiger partial charge in [0.2, 0.25) is 0 Å². The molecule has 4 nitrogen and oxygen atoms in total. The summed E-state index contributed by atoms with van der Waals surface area (Å²) in [5.74, 6) is -0.336. The van der Waals surface area contributed by atoms with Gasteiger partial charge in [0.25, 0.3) is 0 Å². The molecule has 0 aromatic heterocycles. The van der Waals surface area contributed by atoms with E-state index in [1.54, 1.807) is 19.9 Å². The molecule has 0 unspecified atom stereocenters. The van der Waals surface area contributed by atoms with Crippen LogP contribution in [0.15, 0.2) is 47.6 Å². The molecule has 1 aromatic carbocycles. The Morgan fingerprint density at radius 1 is 1.37 bits per heavy atom. The molecule has 0 aliphatic carbocycles. The summed E-state index contributed by atoms with van der Waals surface area (Å²) in [6.45, 7) is 4.03. The first-order valence-electron chi connectivity index (χ1n) is 6.08. The topological polar surface area (TPSA) is 64.7 Å². The van der Waals surface area contributed by atoms with Gasteiger partial charge < -0.3 is 10.5 Å². The third kappa shape index (κ3) is 3.95. The normalized spacial score (nSPS) is 12.7. The highest BCUT2D eigenvalue weighted by Crippen LogP contribution is 2.21. The van der Waals surface area contributed by atoms with E-state index in [1.807, 2.05) is 30.3 Å². The molecule has 1 rings (SSSR count). The van der Waals surface area contributed by atoms with Gasteiger partial charge in [0.05, 0.1) is 19.4 Å². The molecule has 0 fully saturated rings. The van der Waals surface area contributed by atoms with Crippen molar-refractivity contribution in [3.63, 3.8) is 0 Å². The van der Waals surface area contributed by atoms with Gasteiger partial charge in [0, 0.05) is 0 Å². The van der Waals surface area contributed by atoms with Crippen molar-refractivity contribution in [2.75, 3.05) is 7.11 Å². The van der Waals surface area contributed by atoms with Gasteiger partial charge in [-0.2, -0.15) is 0 Å². The van der Waals surface area contributed by atoms with Crippen LogP contribution < -0.4 is 5.73 Å². The molecule has 0 amide bonds. The standard InChI is InChI=1S/C15H20N2O2/c1-15(2,14(18)19-3)13(9-10-16)17-11-12-7-5-4-6-8-12/h4-10H,11,16H2,1-3H3/b10-9-,17-13?. The molecule has 4 heteroatoms. The SMILES string of the molecule is COC(=O)C(C)(C)C(/C=C\N)=NCc1ccccc1. The fourth-order valence-corrected chi connectivity index (χ4v) is 1.67. The number of hydrogen-bond donors (Lipinski definition) is 1. The maximum atomic E-state index is 11.8. The summed E-state index contributed by atoms with van der Waals surface area (Å²) in [5, 5.41) is 0. The van der Waals surface area contributed by atoms with Crippen LogP contribution in [0.5, 0.6) is 0 Å². The lowest BCUT2D eigenvalue weighted by Crippen LogP contribution is -2.33. The van der Waals surface area contributed by atoms with Crippen LogP contribution in [0.25, 0.3) is 0 Å². The number of rotatable bonds is 5. The number of ether oxygens (including phenoxy) is 1. The number of methoxy groups -OCH3 is 1. The number of aliphatic imine (C=N–C) groups is 1. The predicted octanol–water partition coefficient (Wildman–Crippen LogP) is 2.30. The third-order valence-electron chi connectivity index (χ3n) is 2.86. The number of esters is 1. The lowest BCUT2D eigenvalue weighted by molar-refractivity contribution is -0.146. The molecule has 0 saturated heterocycles. The number of allylic oxidation sites excluding steroid dienone is 1. The molecule has 2 N–H and O–H groups in total. The van der Waals surface area contributed by atoms with Gasteiger partial charge in [0.15, 0.2) is 0 Å². The van der Waals surface area contributed by atoms with E-state index in [0.717, 1.165) is 5.56 Å². The zero-order valence-corrected chi connectivity index (χ0v) is 11.6. The lowest BCUT2D eigenvalue weighted by Gasteiger charge is -2.21. The molecule has 102 valence electrons. The highest BCUT2D eigenvalue weighted by molar-refractivity contribution is 6.11. The summed E-state index contributed by atoms with van der Waals surface area (Å²) < 4.78 is 4.80. The Balaban J connectivity index is 2.98. The molecule has 0 saturated carbocycles. The summed E-state index contributed by atoms with van der Waals surface area (Å²) in [7, 11) is 1.37. The molecular formula is C15H20N2O2. The quantitative estimate of drug-likeness (QED) is 0.652. The molecule has 1 aromatic rings. The first-order chi connectivity index (χ1) is 9.02. The number of hydrogen-bond acceptors (Lipinski definition) is 4. The molecule has 0 aliphatic heterocycles. The van der Waals surface area contributed by atoms with Crippen LogP contribution in [0.1, 0.15) is 19.4 Å². The third-order valence-corrected chi connectivity index (χ3v) is 2.86. The number of benzene rings is 1. The van der Waals surface area contributed by atoms with Gasteiger partial charge in [-0.05, 0) is 31.7 Å². The summed E-state index contributed by atoms with van der Waals surface area (Å²) in [6.07, 6.45) is 3.02. The maximum absolute atomic E-state index is 11.8. The average Bonchev–Trinajstić information content (AvgIpc) is 2.43. The molecule has 0 bridgehead atoms. The summed E-state index contributed by atoms with van der Waals surface area (Å²) >= 11 is 0. The average molecular weight is 260 g/mol. The van der Waals surface area contributed by atoms with E-state index in [4.69, 9.17) is 10.5 Å². The first kappa shape index (κ1) is 15.0. The molecule has 19 heavy (non-hydrogen) atoms. The Kier molecular flexibility index (Phi) is 5.30. The Bertz CT molecular complexity index is 476. The number of nitrogens with two attached hydrogens (primary N) is 1. The fraction of sp³-hybridized carbons (Fsp3) is 0.333. The van der Waals surface area contributed by atoms with Crippen LogP contribution in [0, 0.1) is 5.41 Å². The molecule has 0 radical (unpaired) electrons. The van der Waals surface area contributed by atoms with Gasteiger partial charge in [0.1, 0.15) is 5.41 Å². The van der Waals surface area contributed by atoms with Crippen molar-refractivity contribution in [1.29, 1.82) is 0 Å². The monoisotopic (exact) mass is 260 g/mol. The zero-order chi connectivity index (χ0) is 14.3. The molecule has 0 heterocycles. The Hall–Kier alpha value is -2.10. The van der Waals surface area contributed by atoms with Gasteiger partial charge in [-0.1, -0.05) is 30.3 Å². The van der Waals surface area contributed by atoms with Crippen LogP contribution in [0.2, 0.25) is 0 Å². The van der Waals surface area contributed by atoms with E-state index in [1.165, 1.54) is 13.3 Å². The van der Waals surface area contributed by atoms with Crippen molar-refractivity contribution in [3.05, 3.63) is 48.2 Å². The predicted molar refractivity (Wildman–Crippen MR) is 76.7 cm³/mol. The minimum Gasteiger partial charge on any atom is -0.468 e. The Morgan fingerprint density at radius 3 is 2.53 bits per heavy atom. The van der Waals surface area contributed by atoms with Gasteiger partial charge in [-0.25, -0.2) is 0 Å². The molecular weight excluding hydrogens is 240 g/mol. The largest absolute Gasteiger partial charge is 0.468 e. The minimum absolute atomic E-state index is 0.336.